The highest BCUT2D eigenvalue weighted by molar-refractivity contribution is 5.83. The van der Waals surface area contributed by atoms with Gasteiger partial charge < -0.3 is 19.5 Å². The summed E-state index contributed by atoms with van der Waals surface area (Å²) >= 11 is 0. The summed E-state index contributed by atoms with van der Waals surface area (Å²) in [7, 11) is 2.19. The van der Waals surface area contributed by atoms with E-state index in [2.05, 4.69) is 52.8 Å². The third-order valence-corrected chi connectivity index (χ3v) is 5.64. The molecule has 0 bridgehead atoms. The summed E-state index contributed by atoms with van der Waals surface area (Å²) in [6, 6.07) is 8.24. The minimum Gasteiger partial charge on any atom is -0.478 e. The van der Waals surface area contributed by atoms with Crippen molar-refractivity contribution >= 4 is 11.0 Å². The van der Waals surface area contributed by atoms with Gasteiger partial charge in [0.2, 0.25) is 5.88 Å². The second kappa shape index (κ2) is 8.93. The maximum Gasteiger partial charge on any atom is 0.213 e. The highest BCUT2D eigenvalue weighted by Crippen LogP contribution is 2.25. The topological polar surface area (TPSA) is 57.3 Å². The third kappa shape index (κ3) is 4.95. The molecular weight excluding hydrogens is 362 g/mol. The molecule has 0 atom stereocenters. The van der Waals surface area contributed by atoms with Crippen molar-refractivity contribution in [3.8, 4) is 17.3 Å². The summed E-state index contributed by atoms with van der Waals surface area (Å²) < 4.78 is 5.91. The number of imidazole rings is 1. The maximum absolute atomic E-state index is 5.91. The minimum atomic E-state index is 0.662. The molecule has 1 aliphatic rings. The fourth-order valence-corrected chi connectivity index (χ4v) is 3.93. The van der Waals surface area contributed by atoms with E-state index < -0.39 is 0 Å². The number of piperazine rings is 1. The first-order valence-corrected chi connectivity index (χ1v) is 10.6. The molecule has 1 saturated heterocycles. The average molecular weight is 394 g/mol. The molecule has 29 heavy (non-hydrogen) atoms. The van der Waals surface area contributed by atoms with Crippen LogP contribution < -0.4 is 4.74 Å². The van der Waals surface area contributed by atoms with Crippen LogP contribution in [-0.4, -0.2) is 71.1 Å². The Bertz CT molecular complexity index is 959. The molecule has 0 aliphatic carbocycles. The van der Waals surface area contributed by atoms with Gasteiger partial charge in [-0.05, 0) is 63.5 Å². The third-order valence-electron chi connectivity index (χ3n) is 5.64. The summed E-state index contributed by atoms with van der Waals surface area (Å²) in [4.78, 5) is 17.5. The molecule has 0 unspecified atom stereocenters. The smallest absolute Gasteiger partial charge is 0.213 e. The number of pyridine rings is 1. The number of likely N-dealkylation sites (N-methyl/N-ethyl adjacent to an activating group) is 1. The van der Waals surface area contributed by atoms with Crippen LogP contribution in [0.25, 0.3) is 22.4 Å². The van der Waals surface area contributed by atoms with Crippen molar-refractivity contribution < 1.29 is 4.74 Å². The molecule has 4 rings (SSSR count). The first kappa shape index (κ1) is 19.9. The molecule has 0 radical (unpaired) electrons. The van der Waals surface area contributed by atoms with Crippen molar-refractivity contribution in [2.45, 2.75) is 26.7 Å². The number of nitrogens with zero attached hydrogens (tertiary/aromatic N) is 4. The highest BCUT2D eigenvalue weighted by atomic mass is 16.5. The van der Waals surface area contributed by atoms with Gasteiger partial charge in [-0.15, -0.1) is 0 Å². The van der Waals surface area contributed by atoms with Gasteiger partial charge in [0.15, 0.2) is 0 Å². The molecule has 0 spiro atoms. The first-order valence-electron chi connectivity index (χ1n) is 10.6. The van der Waals surface area contributed by atoms with E-state index in [1.807, 2.05) is 12.1 Å². The first-order chi connectivity index (χ1) is 14.1. The molecule has 1 N–H and O–H groups in total. The van der Waals surface area contributed by atoms with E-state index in [1.165, 1.54) is 37.3 Å². The van der Waals surface area contributed by atoms with Gasteiger partial charge in [-0.2, -0.15) is 0 Å². The van der Waals surface area contributed by atoms with Crippen LogP contribution in [0.5, 0.6) is 5.88 Å². The van der Waals surface area contributed by atoms with E-state index in [1.54, 1.807) is 6.20 Å². The van der Waals surface area contributed by atoms with Crippen molar-refractivity contribution in [1.29, 1.82) is 0 Å². The fraction of sp³-hybridized carbons (Fsp3) is 0.478. The van der Waals surface area contributed by atoms with E-state index in [4.69, 9.17) is 9.72 Å². The average Bonchev–Trinajstić information content (AvgIpc) is 3.14. The number of rotatable bonds is 7. The lowest BCUT2D eigenvalue weighted by atomic mass is 10.1. The van der Waals surface area contributed by atoms with Crippen LogP contribution in [0.3, 0.4) is 0 Å². The van der Waals surface area contributed by atoms with Gasteiger partial charge in [-0.1, -0.05) is 6.07 Å². The Labute approximate surface area is 172 Å². The Balaban J connectivity index is 1.31. The van der Waals surface area contributed by atoms with Crippen molar-refractivity contribution in [1.82, 2.24) is 24.8 Å². The summed E-state index contributed by atoms with van der Waals surface area (Å²) in [6.45, 7) is 10.8. The Morgan fingerprint density at radius 3 is 2.72 bits per heavy atom. The van der Waals surface area contributed by atoms with Crippen LogP contribution in [0.1, 0.15) is 24.0 Å². The number of ether oxygens (including phenoxy) is 1. The van der Waals surface area contributed by atoms with Gasteiger partial charge in [0.1, 0.15) is 5.82 Å². The maximum atomic E-state index is 5.91. The van der Waals surface area contributed by atoms with Crippen molar-refractivity contribution in [2.75, 3.05) is 46.4 Å². The number of aryl methyl sites for hydroxylation is 2. The Morgan fingerprint density at radius 1 is 1.07 bits per heavy atom. The van der Waals surface area contributed by atoms with Crippen molar-refractivity contribution in [3.05, 3.63) is 41.6 Å². The number of aromatic amines is 1. The van der Waals surface area contributed by atoms with Crippen molar-refractivity contribution in [2.24, 2.45) is 0 Å². The molecule has 0 saturated carbocycles. The summed E-state index contributed by atoms with van der Waals surface area (Å²) in [5.74, 6) is 1.52. The molecule has 0 amide bonds. The predicted molar refractivity (Wildman–Crippen MR) is 117 cm³/mol. The summed E-state index contributed by atoms with van der Waals surface area (Å²) in [5, 5.41) is 0. The monoisotopic (exact) mass is 393 g/mol. The van der Waals surface area contributed by atoms with Gasteiger partial charge in [0.05, 0.1) is 17.6 Å². The van der Waals surface area contributed by atoms with Crippen LogP contribution in [0, 0.1) is 13.8 Å². The number of hydrogen-bond acceptors (Lipinski definition) is 5. The van der Waals surface area contributed by atoms with E-state index in [9.17, 15) is 0 Å². The fourth-order valence-electron chi connectivity index (χ4n) is 3.93. The van der Waals surface area contributed by atoms with Gasteiger partial charge in [0, 0.05) is 44.0 Å². The van der Waals surface area contributed by atoms with Crippen LogP contribution in [-0.2, 0) is 0 Å². The predicted octanol–water partition coefficient (Wildman–Crippen LogP) is 3.65. The second-order valence-electron chi connectivity index (χ2n) is 8.15. The lowest BCUT2D eigenvalue weighted by molar-refractivity contribution is 0.149. The van der Waals surface area contributed by atoms with E-state index in [0.29, 0.717) is 12.5 Å². The summed E-state index contributed by atoms with van der Waals surface area (Å²) in [5.41, 5.74) is 5.52. The molecule has 1 aromatic carbocycles. The largest absolute Gasteiger partial charge is 0.478 e. The lowest BCUT2D eigenvalue weighted by Gasteiger charge is -2.32. The number of unbranched alkanes of at least 4 members (excludes halogenated alkanes) is 1. The number of benzene rings is 1. The van der Waals surface area contributed by atoms with Crippen LogP contribution >= 0.6 is 0 Å². The Hall–Kier alpha value is -2.44. The molecule has 154 valence electrons. The quantitative estimate of drug-likeness (QED) is 0.621. The standard InChI is InChI=1S/C23H31N5O/c1-17-14-18(2)22-20(15-17)25-23(26-22)19-6-7-24-21(16-19)29-13-5-4-8-28-11-9-27(3)10-12-28/h6-7,14-16H,4-5,8-13H2,1-3H3,(H,25,26). The zero-order chi connectivity index (χ0) is 20.2. The van der Waals surface area contributed by atoms with E-state index in [-0.39, 0.29) is 0 Å². The summed E-state index contributed by atoms with van der Waals surface area (Å²) in [6.07, 6.45) is 3.99. The molecule has 3 aromatic rings. The lowest BCUT2D eigenvalue weighted by Crippen LogP contribution is -2.44. The number of hydrogen-bond donors (Lipinski definition) is 1. The molecule has 6 nitrogen and oxygen atoms in total. The number of aromatic nitrogens is 3. The molecule has 6 heteroatoms. The van der Waals surface area contributed by atoms with Gasteiger partial charge in [0.25, 0.3) is 0 Å². The Kier molecular flexibility index (Phi) is 6.11. The number of fused-ring (bicyclic) bond motifs is 1. The molecule has 2 aromatic heterocycles. The second-order valence-corrected chi connectivity index (χ2v) is 8.15. The van der Waals surface area contributed by atoms with Crippen molar-refractivity contribution in [3.63, 3.8) is 0 Å². The van der Waals surface area contributed by atoms with Crippen LogP contribution in [0.15, 0.2) is 30.5 Å². The zero-order valence-corrected chi connectivity index (χ0v) is 17.7. The molecular formula is C23H31N5O. The van der Waals surface area contributed by atoms with Gasteiger partial charge in [-0.3, -0.25) is 0 Å². The van der Waals surface area contributed by atoms with Gasteiger partial charge >= 0.3 is 0 Å². The van der Waals surface area contributed by atoms with Crippen LogP contribution in [0.2, 0.25) is 0 Å². The van der Waals surface area contributed by atoms with Gasteiger partial charge in [-0.25, -0.2) is 9.97 Å². The SMILES string of the molecule is Cc1cc(C)c2nc(-c3ccnc(OCCCCN4CCN(C)CC4)c3)[nH]c2c1. The highest BCUT2D eigenvalue weighted by Gasteiger charge is 2.13. The molecule has 1 fully saturated rings. The van der Waals surface area contributed by atoms with E-state index >= 15 is 0 Å². The number of H-pyrrole nitrogens is 1. The molecule has 1 aliphatic heterocycles. The minimum absolute atomic E-state index is 0.662. The normalized spacial score (nSPS) is 15.8. The van der Waals surface area contributed by atoms with Crippen LogP contribution in [0.4, 0.5) is 0 Å². The Morgan fingerprint density at radius 2 is 1.90 bits per heavy atom. The molecule has 3 heterocycles. The zero-order valence-electron chi connectivity index (χ0n) is 17.7. The van der Waals surface area contributed by atoms with E-state index in [0.717, 1.165) is 41.8 Å². The number of nitrogens with one attached hydrogen (secondary N) is 1.